The number of carbonyl (C=O) groups is 1. The van der Waals surface area contributed by atoms with Crippen molar-refractivity contribution >= 4 is 5.97 Å². The van der Waals surface area contributed by atoms with Crippen molar-refractivity contribution in [1.29, 1.82) is 0 Å². The summed E-state index contributed by atoms with van der Waals surface area (Å²) in [6, 6.07) is 8.31. The summed E-state index contributed by atoms with van der Waals surface area (Å²) in [5, 5.41) is 18.7. The van der Waals surface area contributed by atoms with Crippen LogP contribution in [0.2, 0.25) is 0 Å². The van der Waals surface area contributed by atoms with Gasteiger partial charge in [0.1, 0.15) is 6.61 Å². The minimum Gasteiger partial charge on any atom is -0.460 e. The summed E-state index contributed by atoms with van der Waals surface area (Å²) in [4.78, 5) is 11.9. The molecule has 1 aliphatic carbocycles. The largest absolute Gasteiger partial charge is 0.460 e. The summed E-state index contributed by atoms with van der Waals surface area (Å²) in [5.41, 5.74) is -2.29. The second kappa shape index (κ2) is 5.65. The molecule has 1 saturated carbocycles. The molecule has 2 unspecified atom stereocenters. The van der Waals surface area contributed by atoms with Crippen LogP contribution in [-0.4, -0.2) is 34.6 Å². The second-order valence-corrected chi connectivity index (χ2v) is 5.18. The SMILES string of the molecule is O=C(OCc1ccccc1)C1(C(F)(F)F)CC(O)C(O)C1. The first-order valence-corrected chi connectivity index (χ1v) is 6.40. The third kappa shape index (κ3) is 3.03. The number of rotatable bonds is 3. The molecule has 2 rings (SSSR count). The Labute approximate surface area is 119 Å². The lowest BCUT2D eigenvalue weighted by molar-refractivity contribution is -0.236. The molecule has 0 amide bonds. The highest BCUT2D eigenvalue weighted by Gasteiger charge is 2.66. The first kappa shape index (κ1) is 15.8. The quantitative estimate of drug-likeness (QED) is 0.836. The first-order chi connectivity index (χ1) is 9.76. The van der Waals surface area contributed by atoms with E-state index < -0.39 is 42.6 Å². The van der Waals surface area contributed by atoms with Crippen LogP contribution in [0.4, 0.5) is 13.2 Å². The first-order valence-electron chi connectivity index (χ1n) is 6.40. The predicted molar refractivity (Wildman–Crippen MR) is 66.0 cm³/mol. The van der Waals surface area contributed by atoms with E-state index in [1.807, 2.05) is 0 Å². The van der Waals surface area contributed by atoms with E-state index in [4.69, 9.17) is 4.74 Å². The smallest absolute Gasteiger partial charge is 0.405 e. The highest BCUT2D eigenvalue weighted by atomic mass is 19.4. The van der Waals surface area contributed by atoms with E-state index in [9.17, 15) is 28.2 Å². The molecule has 0 spiro atoms. The Morgan fingerprint density at radius 3 is 2.19 bits per heavy atom. The van der Waals surface area contributed by atoms with E-state index in [0.29, 0.717) is 5.56 Å². The number of hydrogen-bond acceptors (Lipinski definition) is 4. The van der Waals surface area contributed by atoms with Crippen molar-refractivity contribution in [3.8, 4) is 0 Å². The van der Waals surface area contributed by atoms with Crippen LogP contribution >= 0.6 is 0 Å². The summed E-state index contributed by atoms with van der Waals surface area (Å²) in [7, 11) is 0. The summed E-state index contributed by atoms with van der Waals surface area (Å²) >= 11 is 0. The lowest BCUT2D eigenvalue weighted by Crippen LogP contribution is -2.44. The summed E-state index contributed by atoms with van der Waals surface area (Å²) in [6.07, 6.45) is -9.83. The van der Waals surface area contributed by atoms with Crippen LogP contribution in [-0.2, 0) is 16.1 Å². The highest BCUT2D eigenvalue weighted by Crippen LogP contribution is 2.51. The number of aliphatic hydroxyl groups excluding tert-OH is 2. The molecule has 1 aromatic carbocycles. The van der Waals surface area contributed by atoms with Crippen molar-refractivity contribution < 1.29 is 32.9 Å². The summed E-state index contributed by atoms with van der Waals surface area (Å²) in [5.74, 6) is -1.46. The average Bonchev–Trinajstić information content (AvgIpc) is 2.74. The van der Waals surface area contributed by atoms with Crippen molar-refractivity contribution in [2.24, 2.45) is 5.41 Å². The van der Waals surface area contributed by atoms with Gasteiger partial charge in [0.25, 0.3) is 0 Å². The van der Waals surface area contributed by atoms with Crippen LogP contribution in [0.1, 0.15) is 18.4 Å². The van der Waals surface area contributed by atoms with E-state index in [-0.39, 0.29) is 6.61 Å². The Bertz CT molecular complexity index is 491. The molecule has 4 nitrogen and oxygen atoms in total. The topological polar surface area (TPSA) is 66.8 Å². The van der Waals surface area contributed by atoms with Crippen molar-refractivity contribution in [1.82, 2.24) is 0 Å². The Morgan fingerprint density at radius 1 is 1.19 bits per heavy atom. The molecule has 0 radical (unpaired) electrons. The Kier molecular flexibility index (Phi) is 4.25. The van der Waals surface area contributed by atoms with Gasteiger partial charge in [0, 0.05) is 12.8 Å². The van der Waals surface area contributed by atoms with Crippen molar-refractivity contribution in [2.75, 3.05) is 0 Å². The van der Waals surface area contributed by atoms with Crippen LogP contribution in [0.15, 0.2) is 30.3 Å². The van der Waals surface area contributed by atoms with E-state index in [0.717, 1.165) is 0 Å². The molecule has 0 aromatic heterocycles. The third-order valence-corrected chi connectivity index (χ3v) is 3.71. The monoisotopic (exact) mass is 304 g/mol. The molecular formula is C14H15F3O4. The average molecular weight is 304 g/mol. The molecule has 0 heterocycles. The van der Waals surface area contributed by atoms with Gasteiger partial charge in [-0.05, 0) is 5.56 Å². The molecule has 1 fully saturated rings. The molecule has 116 valence electrons. The number of halogens is 3. The number of ether oxygens (including phenoxy) is 1. The van der Waals surface area contributed by atoms with Gasteiger partial charge in [0.15, 0.2) is 5.41 Å². The Morgan fingerprint density at radius 2 is 1.71 bits per heavy atom. The molecular weight excluding hydrogens is 289 g/mol. The molecule has 0 bridgehead atoms. The number of benzene rings is 1. The van der Waals surface area contributed by atoms with Gasteiger partial charge in [0.2, 0.25) is 0 Å². The zero-order valence-corrected chi connectivity index (χ0v) is 11.0. The molecule has 1 aromatic rings. The van der Waals surface area contributed by atoms with Gasteiger partial charge in [0.05, 0.1) is 12.2 Å². The molecule has 2 N–H and O–H groups in total. The van der Waals surface area contributed by atoms with Gasteiger partial charge >= 0.3 is 12.1 Å². The normalized spacial score (nSPS) is 29.4. The third-order valence-electron chi connectivity index (χ3n) is 3.71. The van der Waals surface area contributed by atoms with Gasteiger partial charge in [-0.2, -0.15) is 13.2 Å². The zero-order valence-electron chi connectivity index (χ0n) is 11.0. The highest BCUT2D eigenvalue weighted by molar-refractivity contribution is 5.78. The second-order valence-electron chi connectivity index (χ2n) is 5.18. The van der Waals surface area contributed by atoms with Crippen molar-refractivity contribution in [2.45, 2.75) is 37.8 Å². The summed E-state index contributed by atoms with van der Waals surface area (Å²) < 4.78 is 44.4. The van der Waals surface area contributed by atoms with Gasteiger partial charge in [-0.1, -0.05) is 30.3 Å². The van der Waals surface area contributed by atoms with Crippen LogP contribution in [0.3, 0.4) is 0 Å². The number of carbonyl (C=O) groups excluding carboxylic acids is 1. The molecule has 0 aliphatic heterocycles. The van der Waals surface area contributed by atoms with Crippen molar-refractivity contribution in [3.05, 3.63) is 35.9 Å². The number of hydrogen-bond donors (Lipinski definition) is 2. The van der Waals surface area contributed by atoms with Gasteiger partial charge < -0.3 is 14.9 Å². The summed E-state index contributed by atoms with van der Waals surface area (Å²) in [6.45, 7) is -0.288. The lowest BCUT2D eigenvalue weighted by Gasteiger charge is -2.29. The van der Waals surface area contributed by atoms with Gasteiger partial charge in [-0.3, -0.25) is 4.79 Å². The van der Waals surface area contributed by atoms with Crippen LogP contribution in [0.5, 0.6) is 0 Å². The van der Waals surface area contributed by atoms with Crippen molar-refractivity contribution in [3.63, 3.8) is 0 Å². The maximum Gasteiger partial charge on any atom is 0.405 e. The fourth-order valence-corrected chi connectivity index (χ4v) is 2.44. The zero-order chi connectivity index (χ0) is 15.7. The van der Waals surface area contributed by atoms with Gasteiger partial charge in [-0.15, -0.1) is 0 Å². The Balaban J connectivity index is 2.13. The van der Waals surface area contributed by atoms with E-state index >= 15 is 0 Å². The molecule has 21 heavy (non-hydrogen) atoms. The standard InChI is InChI=1S/C14H15F3O4/c15-14(16,17)13(6-10(18)11(19)7-13)12(20)21-8-9-4-2-1-3-5-9/h1-5,10-11,18-19H,6-8H2. The fourth-order valence-electron chi connectivity index (χ4n) is 2.44. The van der Waals surface area contributed by atoms with E-state index in [2.05, 4.69) is 0 Å². The molecule has 7 heteroatoms. The predicted octanol–water partition coefficient (Wildman–Crippen LogP) is 1.79. The number of aliphatic hydroxyl groups is 2. The minimum atomic E-state index is -4.89. The molecule has 1 aliphatic rings. The van der Waals surface area contributed by atoms with Crippen LogP contribution in [0.25, 0.3) is 0 Å². The van der Waals surface area contributed by atoms with E-state index in [1.165, 1.54) is 0 Å². The lowest BCUT2D eigenvalue weighted by atomic mass is 9.85. The number of esters is 1. The molecule has 0 saturated heterocycles. The minimum absolute atomic E-state index is 0.288. The Hall–Kier alpha value is -1.60. The van der Waals surface area contributed by atoms with Crippen LogP contribution in [0, 0.1) is 5.41 Å². The maximum atomic E-state index is 13.2. The fraction of sp³-hybridized carbons (Fsp3) is 0.500. The maximum absolute atomic E-state index is 13.2. The van der Waals surface area contributed by atoms with Crippen LogP contribution < -0.4 is 0 Å². The van der Waals surface area contributed by atoms with E-state index in [1.54, 1.807) is 30.3 Å². The molecule has 2 atom stereocenters. The van der Waals surface area contributed by atoms with Gasteiger partial charge in [-0.25, -0.2) is 0 Å². The number of alkyl halides is 3.